The molecule has 1 fully saturated rings. The van der Waals surface area contributed by atoms with Crippen molar-refractivity contribution in [3.63, 3.8) is 0 Å². The molecule has 1 aromatic rings. The van der Waals surface area contributed by atoms with Crippen LogP contribution in [0.5, 0.6) is 0 Å². The van der Waals surface area contributed by atoms with Gasteiger partial charge in [-0.05, 0) is 38.1 Å². The first-order valence-corrected chi connectivity index (χ1v) is 6.01. The summed E-state index contributed by atoms with van der Waals surface area (Å²) in [6.07, 6.45) is 2.21. The molecule has 2 nitrogen and oxygen atoms in total. The van der Waals surface area contributed by atoms with E-state index in [0.29, 0.717) is 23.2 Å². The summed E-state index contributed by atoms with van der Waals surface area (Å²) in [5.41, 5.74) is 0.683. The molecule has 0 aromatic heterocycles. The van der Waals surface area contributed by atoms with Crippen LogP contribution in [0.3, 0.4) is 0 Å². The van der Waals surface area contributed by atoms with Gasteiger partial charge in [-0.2, -0.15) is 0 Å². The molecule has 2 rings (SSSR count). The molecule has 0 amide bonds. The lowest BCUT2D eigenvalue weighted by atomic mass is 10.1. The van der Waals surface area contributed by atoms with Crippen molar-refractivity contribution in [3.05, 3.63) is 34.6 Å². The maximum atomic E-state index is 13.5. The molecule has 1 aromatic carbocycles. The molecule has 6 heteroatoms. The minimum Gasteiger partial charge on any atom is -0.317 e. The van der Waals surface area contributed by atoms with E-state index in [1.165, 1.54) is 6.07 Å². The lowest BCUT2D eigenvalue weighted by molar-refractivity contribution is 0.384. The van der Waals surface area contributed by atoms with Crippen LogP contribution in [-0.2, 0) is 6.54 Å². The first-order chi connectivity index (χ1) is 7.75. The van der Waals surface area contributed by atoms with Crippen molar-refractivity contribution in [3.8, 4) is 0 Å². The van der Waals surface area contributed by atoms with E-state index in [4.69, 9.17) is 11.6 Å². The van der Waals surface area contributed by atoms with Gasteiger partial charge in [0.05, 0.1) is 0 Å². The monoisotopic (exact) mass is 314 g/mol. The number of nitrogens with one attached hydrogen (secondary N) is 2. The average Bonchev–Trinajstić information content (AvgIpc) is 2.29. The van der Waals surface area contributed by atoms with Crippen LogP contribution < -0.4 is 10.6 Å². The Hall–Kier alpha value is -0.0600. The molecule has 1 aliphatic rings. The Balaban J connectivity index is 0.00000144. The van der Waals surface area contributed by atoms with Crippen LogP contribution in [0.4, 0.5) is 4.39 Å². The maximum Gasteiger partial charge on any atom is 0.129 e. The van der Waals surface area contributed by atoms with E-state index in [1.54, 1.807) is 12.1 Å². The number of rotatable bonds is 3. The van der Waals surface area contributed by atoms with Crippen molar-refractivity contribution in [1.82, 2.24) is 10.6 Å². The van der Waals surface area contributed by atoms with Crippen molar-refractivity contribution in [2.24, 2.45) is 0 Å². The van der Waals surface area contributed by atoms with E-state index in [1.807, 2.05) is 0 Å². The molecular formula is C12H18Cl3FN2. The minimum atomic E-state index is -0.228. The molecule has 0 saturated carbocycles. The molecule has 104 valence electrons. The molecular weight excluding hydrogens is 298 g/mol. The summed E-state index contributed by atoms with van der Waals surface area (Å²) in [5, 5.41) is 7.12. The molecule has 18 heavy (non-hydrogen) atoms. The van der Waals surface area contributed by atoms with Gasteiger partial charge in [0, 0.05) is 23.2 Å². The second kappa shape index (κ2) is 8.94. The largest absolute Gasteiger partial charge is 0.317 e. The van der Waals surface area contributed by atoms with Gasteiger partial charge in [0.2, 0.25) is 0 Å². The smallest absolute Gasteiger partial charge is 0.129 e. The summed E-state index contributed by atoms with van der Waals surface area (Å²) in [6.45, 7) is 2.66. The summed E-state index contributed by atoms with van der Waals surface area (Å²) >= 11 is 5.70. The molecule has 0 aliphatic carbocycles. The van der Waals surface area contributed by atoms with Crippen LogP contribution in [0.15, 0.2) is 18.2 Å². The van der Waals surface area contributed by atoms with Crippen molar-refractivity contribution < 1.29 is 4.39 Å². The molecule has 0 bridgehead atoms. The molecule has 2 N–H and O–H groups in total. The van der Waals surface area contributed by atoms with E-state index in [0.717, 1.165) is 25.9 Å². The molecule has 0 radical (unpaired) electrons. The summed E-state index contributed by atoms with van der Waals surface area (Å²) in [7, 11) is 0. The number of piperidine rings is 1. The van der Waals surface area contributed by atoms with E-state index in [-0.39, 0.29) is 30.6 Å². The fourth-order valence-corrected chi connectivity index (χ4v) is 2.10. The van der Waals surface area contributed by atoms with Gasteiger partial charge in [0.1, 0.15) is 5.82 Å². The fourth-order valence-electron chi connectivity index (χ4n) is 1.95. The molecule has 0 atom stereocenters. The quantitative estimate of drug-likeness (QED) is 0.895. The second-order valence-electron chi connectivity index (χ2n) is 4.14. The topological polar surface area (TPSA) is 24.1 Å². The number of hydrogen-bond donors (Lipinski definition) is 2. The number of benzene rings is 1. The van der Waals surface area contributed by atoms with Gasteiger partial charge in [0.25, 0.3) is 0 Å². The lowest BCUT2D eigenvalue weighted by Gasteiger charge is -2.23. The van der Waals surface area contributed by atoms with Gasteiger partial charge in [-0.1, -0.05) is 17.7 Å². The summed E-state index contributed by atoms with van der Waals surface area (Å²) in [6, 6.07) is 5.33. The minimum absolute atomic E-state index is 0. The van der Waals surface area contributed by atoms with Crippen molar-refractivity contribution in [2.75, 3.05) is 13.1 Å². The lowest BCUT2D eigenvalue weighted by Crippen LogP contribution is -2.39. The zero-order valence-corrected chi connectivity index (χ0v) is 12.3. The fraction of sp³-hybridized carbons (Fsp3) is 0.500. The van der Waals surface area contributed by atoms with Crippen LogP contribution in [0, 0.1) is 5.82 Å². The average molecular weight is 316 g/mol. The summed E-state index contributed by atoms with van der Waals surface area (Å²) in [5.74, 6) is -0.228. The Morgan fingerprint density at radius 3 is 2.56 bits per heavy atom. The normalized spacial score (nSPS) is 15.7. The van der Waals surface area contributed by atoms with Gasteiger partial charge >= 0.3 is 0 Å². The molecule has 1 saturated heterocycles. The van der Waals surface area contributed by atoms with E-state index in [2.05, 4.69) is 10.6 Å². The SMILES string of the molecule is Cl.Cl.Fc1cc(Cl)ccc1CNC1CCNCC1. The Morgan fingerprint density at radius 1 is 1.28 bits per heavy atom. The molecule has 0 spiro atoms. The van der Waals surface area contributed by atoms with E-state index in [9.17, 15) is 4.39 Å². The zero-order chi connectivity index (χ0) is 11.4. The Labute approximate surface area is 124 Å². The number of hydrogen-bond acceptors (Lipinski definition) is 2. The maximum absolute atomic E-state index is 13.5. The highest BCUT2D eigenvalue weighted by Gasteiger charge is 2.12. The first-order valence-electron chi connectivity index (χ1n) is 5.64. The van der Waals surface area contributed by atoms with E-state index < -0.39 is 0 Å². The van der Waals surface area contributed by atoms with Gasteiger partial charge in [-0.15, -0.1) is 24.8 Å². The highest BCUT2D eigenvalue weighted by atomic mass is 35.5. The van der Waals surface area contributed by atoms with Gasteiger partial charge in [-0.3, -0.25) is 0 Å². The predicted molar refractivity (Wildman–Crippen MR) is 78.6 cm³/mol. The van der Waals surface area contributed by atoms with Gasteiger partial charge in [0.15, 0.2) is 0 Å². The third-order valence-corrected chi connectivity index (χ3v) is 3.17. The molecule has 1 heterocycles. The highest BCUT2D eigenvalue weighted by Crippen LogP contribution is 2.15. The first kappa shape index (κ1) is 17.9. The Bertz CT molecular complexity index is 357. The van der Waals surface area contributed by atoms with Crippen LogP contribution in [0.1, 0.15) is 18.4 Å². The van der Waals surface area contributed by atoms with Crippen LogP contribution in [-0.4, -0.2) is 19.1 Å². The van der Waals surface area contributed by atoms with Gasteiger partial charge in [-0.25, -0.2) is 4.39 Å². The third kappa shape index (κ3) is 5.29. The summed E-state index contributed by atoms with van der Waals surface area (Å²) < 4.78 is 13.5. The standard InChI is InChI=1S/C12H16ClFN2.2ClH/c13-10-2-1-9(12(14)7-10)8-16-11-3-5-15-6-4-11;;/h1-2,7,11,15-16H,3-6,8H2;2*1H. The van der Waals surface area contributed by atoms with Crippen LogP contribution in [0.25, 0.3) is 0 Å². The number of halogens is 4. The van der Waals surface area contributed by atoms with Crippen molar-refractivity contribution in [1.29, 1.82) is 0 Å². The van der Waals surface area contributed by atoms with Crippen LogP contribution in [0.2, 0.25) is 5.02 Å². The molecule has 1 aliphatic heterocycles. The van der Waals surface area contributed by atoms with E-state index >= 15 is 0 Å². The Kier molecular flexibility index (Phi) is 8.91. The summed E-state index contributed by atoms with van der Waals surface area (Å²) in [4.78, 5) is 0. The third-order valence-electron chi connectivity index (χ3n) is 2.94. The highest BCUT2D eigenvalue weighted by molar-refractivity contribution is 6.30. The Morgan fingerprint density at radius 2 is 1.94 bits per heavy atom. The second-order valence-corrected chi connectivity index (χ2v) is 4.58. The zero-order valence-electron chi connectivity index (χ0n) is 9.92. The predicted octanol–water partition coefficient (Wildman–Crippen LogP) is 3.16. The van der Waals surface area contributed by atoms with Crippen LogP contribution >= 0.6 is 36.4 Å². The van der Waals surface area contributed by atoms with Crippen molar-refractivity contribution >= 4 is 36.4 Å². The van der Waals surface area contributed by atoms with Crippen molar-refractivity contribution in [2.45, 2.75) is 25.4 Å². The molecule has 0 unspecified atom stereocenters. The van der Waals surface area contributed by atoms with Gasteiger partial charge < -0.3 is 10.6 Å².